The first-order chi connectivity index (χ1) is 14.5. The molecule has 3 heterocycles. The lowest BCUT2D eigenvalue weighted by atomic mass is 9.48. The minimum Gasteiger partial charge on any atom is -0.330 e. The normalized spacial score (nSPS) is 46.9. The van der Waals surface area contributed by atoms with Crippen molar-refractivity contribution >= 4 is 11.8 Å². The summed E-state index contributed by atoms with van der Waals surface area (Å²) < 4.78 is 39.1. The lowest BCUT2D eigenvalue weighted by Gasteiger charge is -2.60. The van der Waals surface area contributed by atoms with Crippen LogP contribution in [0.2, 0.25) is 0 Å². The van der Waals surface area contributed by atoms with Gasteiger partial charge in [-0.15, -0.1) is 5.10 Å². The highest BCUT2D eigenvalue weighted by Gasteiger charge is 2.65. The first-order valence-electron chi connectivity index (χ1n) is 11.9. The van der Waals surface area contributed by atoms with E-state index in [2.05, 4.69) is 25.7 Å². The molecule has 3 aliphatic heterocycles. The second kappa shape index (κ2) is 6.10. The molecule has 0 aromatic rings. The molecular formula is C23H32F3N3O2. The molecule has 0 spiro atoms. The Balaban J connectivity index is 1.40. The van der Waals surface area contributed by atoms with Crippen molar-refractivity contribution in [3.05, 3.63) is 0 Å². The highest BCUT2D eigenvalue weighted by Crippen LogP contribution is 2.64. The van der Waals surface area contributed by atoms with E-state index in [1.54, 1.807) is 0 Å². The first-order valence-corrected chi connectivity index (χ1v) is 11.9. The van der Waals surface area contributed by atoms with Crippen LogP contribution in [-0.4, -0.2) is 40.3 Å². The van der Waals surface area contributed by atoms with Gasteiger partial charge in [-0.05, 0) is 86.4 Å². The number of hydrogen-bond acceptors (Lipinski definition) is 5. The highest BCUT2D eigenvalue weighted by molar-refractivity contribution is 5.90. The van der Waals surface area contributed by atoms with Gasteiger partial charge in [-0.3, -0.25) is 0 Å². The van der Waals surface area contributed by atoms with Crippen molar-refractivity contribution in [2.75, 3.05) is 0 Å². The predicted octanol–water partition coefficient (Wildman–Crippen LogP) is 4.94. The number of hydrazone groups is 1. The van der Waals surface area contributed by atoms with Crippen molar-refractivity contribution < 1.29 is 22.8 Å². The lowest BCUT2D eigenvalue weighted by molar-refractivity contribution is -0.252. The van der Waals surface area contributed by atoms with Crippen LogP contribution in [0.5, 0.6) is 0 Å². The monoisotopic (exact) mass is 439 g/mol. The number of amidine groups is 1. The summed E-state index contributed by atoms with van der Waals surface area (Å²) in [5, 5.41) is 5.76. The average molecular weight is 440 g/mol. The second-order valence-electron chi connectivity index (χ2n) is 12.1. The molecule has 7 fully saturated rings. The molecule has 8 rings (SSSR count). The van der Waals surface area contributed by atoms with Gasteiger partial charge in [0.25, 0.3) is 0 Å². The Hall–Kier alpha value is -1.47. The van der Waals surface area contributed by atoms with Crippen molar-refractivity contribution in [3.8, 4) is 0 Å². The number of carbonyl (C=O) groups excluding carboxylic acids is 1. The zero-order valence-electron chi connectivity index (χ0n) is 18.5. The van der Waals surface area contributed by atoms with E-state index in [1.807, 2.05) is 0 Å². The molecule has 5 saturated carbocycles. The van der Waals surface area contributed by atoms with Crippen molar-refractivity contribution in [1.29, 1.82) is 0 Å². The Labute approximate surface area is 181 Å². The second-order valence-corrected chi connectivity index (χ2v) is 12.1. The van der Waals surface area contributed by atoms with Crippen LogP contribution in [0.4, 0.5) is 13.2 Å². The fraction of sp³-hybridized carbons (Fsp3) is 0.913. The smallest absolute Gasteiger partial charge is 0.330 e. The topological polar surface area (TPSA) is 45.1 Å². The van der Waals surface area contributed by atoms with Crippen molar-refractivity contribution in [3.63, 3.8) is 0 Å². The predicted molar refractivity (Wildman–Crippen MR) is 107 cm³/mol. The Morgan fingerprint density at radius 3 is 2.13 bits per heavy atom. The summed E-state index contributed by atoms with van der Waals surface area (Å²) in [6.45, 7) is 6.75. The summed E-state index contributed by atoms with van der Waals surface area (Å²) >= 11 is 0. The number of alkyl halides is 3. The largest absolute Gasteiger partial charge is 0.493 e. The summed E-state index contributed by atoms with van der Waals surface area (Å²) in [5.74, 6) is 1.72. The number of rotatable bonds is 2. The van der Waals surface area contributed by atoms with Gasteiger partial charge in [0.2, 0.25) is 0 Å². The van der Waals surface area contributed by atoms with Crippen LogP contribution >= 0.6 is 0 Å². The van der Waals surface area contributed by atoms with Gasteiger partial charge in [-0.25, -0.2) is 4.79 Å². The number of halogens is 3. The van der Waals surface area contributed by atoms with Gasteiger partial charge in [-0.2, -0.15) is 13.2 Å². The maximum Gasteiger partial charge on any atom is 0.493 e. The molecule has 4 unspecified atom stereocenters. The van der Waals surface area contributed by atoms with E-state index >= 15 is 0 Å². The van der Waals surface area contributed by atoms with Gasteiger partial charge in [-0.1, -0.05) is 25.9 Å². The minimum atomic E-state index is -5.03. The molecule has 8 aliphatic rings. The molecule has 0 aromatic carbocycles. The van der Waals surface area contributed by atoms with Crippen LogP contribution in [0.25, 0.3) is 0 Å². The Morgan fingerprint density at radius 1 is 1.03 bits per heavy atom. The van der Waals surface area contributed by atoms with E-state index in [4.69, 9.17) is 9.94 Å². The number of fused-ring (bicyclic) bond motifs is 1. The number of nitrogens with zero attached hydrogens (tertiary/aromatic N) is 3. The van der Waals surface area contributed by atoms with Gasteiger partial charge < -0.3 is 9.74 Å². The first kappa shape index (κ1) is 20.2. The molecule has 172 valence electrons. The zero-order valence-corrected chi connectivity index (χ0v) is 18.5. The van der Waals surface area contributed by atoms with Crippen LogP contribution in [0.1, 0.15) is 72.1 Å². The third-order valence-electron chi connectivity index (χ3n) is 9.83. The van der Waals surface area contributed by atoms with Crippen LogP contribution < -0.4 is 0 Å². The highest BCUT2D eigenvalue weighted by atomic mass is 19.4. The van der Waals surface area contributed by atoms with E-state index in [1.165, 1.54) is 19.3 Å². The third kappa shape index (κ3) is 2.74. The molecule has 4 atom stereocenters. The Kier molecular flexibility index (Phi) is 3.97. The lowest BCUT2D eigenvalue weighted by Crippen LogP contribution is -2.63. The van der Waals surface area contributed by atoms with E-state index in [0.717, 1.165) is 36.7 Å². The van der Waals surface area contributed by atoms with E-state index in [9.17, 15) is 18.0 Å². The maximum atomic E-state index is 13.0. The Bertz CT molecular complexity index is 803. The van der Waals surface area contributed by atoms with Crippen molar-refractivity contribution in [2.24, 2.45) is 45.5 Å². The molecule has 5 nitrogen and oxygen atoms in total. The van der Waals surface area contributed by atoms with Gasteiger partial charge in [0.15, 0.2) is 6.17 Å². The maximum absolute atomic E-state index is 13.0. The van der Waals surface area contributed by atoms with Crippen molar-refractivity contribution in [2.45, 2.75) is 90.5 Å². The molecule has 31 heavy (non-hydrogen) atoms. The summed E-state index contributed by atoms with van der Waals surface area (Å²) in [6, 6.07) is 0.230. The van der Waals surface area contributed by atoms with Crippen LogP contribution in [-0.2, 0) is 9.63 Å². The van der Waals surface area contributed by atoms with Gasteiger partial charge in [0.1, 0.15) is 5.84 Å². The molecule has 0 N–H and O–H groups in total. The fourth-order valence-corrected chi connectivity index (χ4v) is 8.87. The van der Waals surface area contributed by atoms with Crippen LogP contribution in [0.15, 0.2) is 5.10 Å². The quantitative estimate of drug-likeness (QED) is 0.612. The molecule has 6 bridgehead atoms. The van der Waals surface area contributed by atoms with Crippen molar-refractivity contribution in [1.82, 2.24) is 10.1 Å². The summed E-state index contributed by atoms with van der Waals surface area (Å²) in [7, 11) is 0. The van der Waals surface area contributed by atoms with Gasteiger partial charge >= 0.3 is 12.1 Å². The van der Waals surface area contributed by atoms with Gasteiger partial charge in [0.05, 0.1) is 0 Å². The SMILES string of the molecule is CC1CC2N(OC(=O)C(F)(F)F)N=C(C34CC5CC(CC(C5)C3)C4)N2C2CC1C2(C)C. The molecule has 0 amide bonds. The molecular weight excluding hydrogens is 407 g/mol. The van der Waals surface area contributed by atoms with Gasteiger partial charge in [0, 0.05) is 11.5 Å². The molecule has 0 radical (unpaired) electrons. The van der Waals surface area contributed by atoms with E-state index in [0.29, 0.717) is 36.0 Å². The van der Waals surface area contributed by atoms with Crippen LogP contribution in [0, 0.1) is 40.4 Å². The minimum absolute atomic E-state index is 0.0683. The zero-order chi connectivity index (χ0) is 21.9. The van der Waals surface area contributed by atoms with E-state index in [-0.39, 0.29) is 16.9 Å². The number of carbonyl (C=O) groups is 1. The molecule has 5 aliphatic carbocycles. The van der Waals surface area contributed by atoms with E-state index < -0.39 is 18.3 Å². The summed E-state index contributed by atoms with van der Waals surface area (Å²) in [6.07, 6.45) is 3.34. The Morgan fingerprint density at radius 2 is 1.61 bits per heavy atom. The average Bonchev–Trinajstić information content (AvgIpc) is 2.84. The molecule has 8 heteroatoms. The molecule has 0 aromatic heterocycles. The number of hydrogen-bond donors (Lipinski definition) is 0. The summed E-state index contributed by atoms with van der Waals surface area (Å²) in [4.78, 5) is 19.0. The summed E-state index contributed by atoms with van der Waals surface area (Å²) in [5.41, 5.74) is 0.00239. The fourth-order valence-electron chi connectivity index (χ4n) is 8.87. The van der Waals surface area contributed by atoms with Crippen LogP contribution in [0.3, 0.4) is 0 Å². The molecule has 2 saturated heterocycles. The standard InChI is InChI=1S/C23H32F3N3O2/c1-12-4-18-28(17-8-16(12)21(17,2)3)19(27-29(18)31-20(30)23(24,25)26)22-9-13-5-14(10-22)7-15(6-13)11-22/h12-18H,4-11H2,1-3H3. The third-order valence-corrected chi connectivity index (χ3v) is 9.83. The number of hydroxylamine groups is 1.